The number of hydrogen-bond acceptors (Lipinski definition) is 0. The summed E-state index contributed by atoms with van der Waals surface area (Å²) in [6, 6.07) is 0. The molecule has 0 unspecified atom stereocenters. The Morgan fingerprint density at radius 3 is 1.20 bits per heavy atom. The summed E-state index contributed by atoms with van der Waals surface area (Å²) in [4.78, 5) is 0. The molecule has 3 heteroatoms. The fraction of sp³-hybridized carbons (Fsp3) is 1.00. The molecule has 0 N–H and O–H groups in total. The second-order valence-corrected chi connectivity index (χ2v) is 15.6. The molecule has 0 aromatic rings. The van der Waals surface area contributed by atoms with Crippen LogP contribution < -0.4 is 0 Å². The first-order valence-electron chi connectivity index (χ1n) is 1.13. The van der Waals surface area contributed by atoms with Gasteiger partial charge in [-0.2, -0.15) is 0 Å². The highest BCUT2D eigenvalue weighted by Gasteiger charge is 1.93. The van der Waals surface area contributed by atoms with Crippen molar-refractivity contribution in [2.75, 3.05) is 12.5 Å². The van der Waals surface area contributed by atoms with Gasteiger partial charge in [0.1, 0.15) is 0 Å². The van der Waals surface area contributed by atoms with E-state index >= 15 is 0 Å². The minimum atomic E-state index is -0.542. The monoisotopic (exact) mass is 220 g/mol. The molecule has 0 aliphatic heterocycles. The van der Waals surface area contributed by atoms with Crippen molar-refractivity contribution >= 4 is 36.5 Å². The van der Waals surface area contributed by atoms with Crippen LogP contribution in [0.5, 0.6) is 0 Å². The minimum Gasteiger partial charge on any atom is -0.130 e. The summed E-state index contributed by atoms with van der Waals surface area (Å²) in [5.74, 6) is 0. The van der Waals surface area contributed by atoms with Crippen LogP contribution in [0.1, 0.15) is 0 Å². The van der Waals surface area contributed by atoms with Gasteiger partial charge in [-0.25, -0.2) is 0 Å². The van der Waals surface area contributed by atoms with Crippen molar-refractivity contribution < 1.29 is 0 Å². The molecule has 34 valence electrons. The molecule has 0 atom stereocenters. The maximum absolute atomic E-state index is 3.38. The van der Waals surface area contributed by atoms with E-state index in [-0.39, 0.29) is 0 Å². The van der Waals surface area contributed by atoms with Gasteiger partial charge in [-0.1, -0.05) is 0 Å². The van der Waals surface area contributed by atoms with Crippen LogP contribution >= 0.6 is 36.5 Å². The van der Waals surface area contributed by atoms with Crippen LogP contribution in [-0.4, -0.2) is 12.5 Å². The van der Waals surface area contributed by atoms with Gasteiger partial charge in [-0.3, -0.25) is 0 Å². The van der Waals surface area contributed by atoms with E-state index in [9.17, 15) is 0 Å². The maximum atomic E-state index is 3.38. The standard InChI is InChI=1S/C2H6Br2S/c1-5(2,3)4/h1-2H3. The van der Waals surface area contributed by atoms with Crippen molar-refractivity contribution in [1.29, 1.82) is 0 Å². The topological polar surface area (TPSA) is 0 Å². The van der Waals surface area contributed by atoms with Gasteiger partial charge in [-0.05, 0) is 42.1 Å². The third-order valence-electron chi connectivity index (χ3n) is 0. The lowest BCUT2D eigenvalue weighted by atomic mass is 11.9. The largest absolute Gasteiger partial charge is 0.130 e. The molecule has 0 fully saturated rings. The van der Waals surface area contributed by atoms with Gasteiger partial charge in [0.05, 0.1) is 0 Å². The molecule has 0 saturated carbocycles. The van der Waals surface area contributed by atoms with Crippen molar-refractivity contribution in [2.45, 2.75) is 0 Å². The predicted octanol–water partition coefficient (Wildman–Crippen LogP) is 2.67. The van der Waals surface area contributed by atoms with E-state index in [0.717, 1.165) is 0 Å². The van der Waals surface area contributed by atoms with Crippen LogP contribution in [0, 0.1) is 0 Å². The zero-order valence-electron chi connectivity index (χ0n) is 3.16. The van der Waals surface area contributed by atoms with Crippen LogP contribution in [0.25, 0.3) is 0 Å². The zero-order valence-corrected chi connectivity index (χ0v) is 7.15. The molecule has 0 radical (unpaired) electrons. The molecule has 0 aliphatic carbocycles. The smallest absolute Gasteiger partial charge is 0.0161 e. The Morgan fingerprint density at radius 1 is 1.20 bits per heavy atom. The molecular formula is C2H6Br2S. The van der Waals surface area contributed by atoms with Gasteiger partial charge in [0.15, 0.2) is 0 Å². The molecule has 0 nitrogen and oxygen atoms in total. The van der Waals surface area contributed by atoms with Crippen molar-refractivity contribution in [3.63, 3.8) is 0 Å². The lowest BCUT2D eigenvalue weighted by Crippen LogP contribution is -1.60. The fourth-order valence-electron chi connectivity index (χ4n) is 0. The fourth-order valence-corrected chi connectivity index (χ4v) is 0. The van der Waals surface area contributed by atoms with E-state index in [1.807, 2.05) is 0 Å². The summed E-state index contributed by atoms with van der Waals surface area (Å²) in [7, 11) is 0. The Bertz CT molecular complexity index is 23.1. The third kappa shape index (κ3) is 33.9. The molecule has 0 spiro atoms. The van der Waals surface area contributed by atoms with Gasteiger partial charge in [0, 0.05) is 0 Å². The third-order valence-corrected chi connectivity index (χ3v) is 0. The first kappa shape index (κ1) is 6.31. The van der Waals surface area contributed by atoms with Gasteiger partial charge in [0.2, 0.25) is 0 Å². The van der Waals surface area contributed by atoms with Crippen LogP contribution in [0.3, 0.4) is 0 Å². The molecule has 0 saturated heterocycles. The zero-order chi connectivity index (χ0) is 4.50. The molecule has 0 bridgehead atoms. The van der Waals surface area contributed by atoms with Crippen LogP contribution in [0.4, 0.5) is 0 Å². The second kappa shape index (κ2) is 1.85. The predicted molar refractivity (Wildman–Crippen MR) is 37.3 cm³/mol. The summed E-state index contributed by atoms with van der Waals surface area (Å²) >= 11 is 6.75. The van der Waals surface area contributed by atoms with Crippen LogP contribution in [-0.2, 0) is 0 Å². The second-order valence-electron chi connectivity index (χ2n) is 1.08. The van der Waals surface area contributed by atoms with E-state index < -0.39 is 6.89 Å². The van der Waals surface area contributed by atoms with E-state index in [1.54, 1.807) is 0 Å². The summed E-state index contributed by atoms with van der Waals surface area (Å²) in [6.45, 7) is -0.542. The van der Waals surface area contributed by atoms with E-state index in [2.05, 4.69) is 42.1 Å². The summed E-state index contributed by atoms with van der Waals surface area (Å²) < 4.78 is 0. The highest BCUT2D eigenvalue weighted by Crippen LogP contribution is 2.55. The van der Waals surface area contributed by atoms with Gasteiger partial charge in [-0.15, -0.1) is 6.89 Å². The van der Waals surface area contributed by atoms with E-state index in [0.29, 0.717) is 0 Å². The summed E-state index contributed by atoms with van der Waals surface area (Å²) in [6.07, 6.45) is 4.21. The normalized spacial score (nSPS) is 15.2. The molecule has 0 aromatic heterocycles. The molecular weight excluding hydrogens is 216 g/mol. The van der Waals surface area contributed by atoms with Crippen LogP contribution in [0.2, 0.25) is 0 Å². The quantitative estimate of drug-likeness (QED) is 0.590. The molecule has 0 amide bonds. The average molecular weight is 222 g/mol. The molecule has 0 aromatic carbocycles. The maximum Gasteiger partial charge on any atom is -0.0161 e. The minimum absolute atomic E-state index is 0.542. The molecule has 0 rings (SSSR count). The SMILES string of the molecule is CS(C)(Br)Br. The van der Waals surface area contributed by atoms with Crippen molar-refractivity contribution in [1.82, 2.24) is 0 Å². The molecule has 0 heterocycles. The lowest BCUT2D eigenvalue weighted by Gasteiger charge is -2.07. The first-order valence-corrected chi connectivity index (χ1v) is 7.26. The Labute approximate surface area is 49.0 Å². The van der Waals surface area contributed by atoms with Gasteiger partial charge >= 0.3 is 0 Å². The van der Waals surface area contributed by atoms with Crippen molar-refractivity contribution in [3.05, 3.63) is 0 Å². The Balaban J connectivity index is 3.02. The Hall–Kier alpha value is 1.31. The van der Waals surface area contributed by atoms with Crippen LogP contribution in [0.15, 0.2) is 0 Å². The number of rotatable bonds is 0. The highest BCUT2D eigenvalue weighted by atomic mass is 79.9. The van der Waals surface area contributed by atoms with E-state index in [4.69, 9.17) is 0 Å². The van der Waals surface area contributed by atoms with Crippen molar-refractivity contribution in [2.24, 2.45) is 0 Å². The number of halogens is 2. The summed E-state index contributed by atoms with van der Waals surface area (Å²) in [5, 5.41) is 0. The lowest BCUT2D eigenvalue weighted by molar-refractivity contribution is 2.35. The Kier molecular flexibility index (Phi) is 2.33. The number of hydrogen-bond donors (Lipinski definition) is 0. The summed E-state index contributed by atoms with van der Waals surface area (Å²) in [5.41, 5.74) is 0. The molecule has 5 heavy (non-hydrogen) atoms. The average Bonchev–Trinajstić information content (AvgIpc) is 0.722. The highest BCUT2D eigenvalue weighted by molar-refractivity contribution is 9.91. The Morgan fingerprint density at radius 2 is 1.20 bits per heavy atom. The van der Waals surface area contributed by atoms with Gasteiger partial charge in [0.25, 0.3) is 0 Å². The molecule has 0 aliphatic rings. The van der Waals surface area contributed by atoms with Crippen molar-refractivity contribution in [3.8, 4) is 0 Å². The first-order chi connectivity index (χ1) is 2.00. The van der Waals surface area contributed by atoms with Gasteiger partial charge < -0.3 is 0 Å². The van der Waals surface area contributed by atoms with E-state index in [1.165, 1.54) is 0 Å².